The van der Waals surface area contributed by atoms with Crippen LogP contribution in [-0.2, 0) is 4.79 Å². The molecule has 6 nitrogen and oxygen atoms in total. The van der Waals surface area contributed by atoms with E-state index in [-0.39, 0.29) is 11.8 Å². The molecule has 0 fully saturated rings. The molecule has 6 heteroatoms. The number of hydrogen-bond donors (Lipinski definition) is 2. The lowest BCUT2D eigenvalue weighted by Crippen LogP contribution is -2.12. The van der Waals surface area contributed by atoms with Gasteiger partial charge in [0.05, 0.1) is 13.2 Å². The summed E-state index contributed by atoms with van der Waals surface area (Å²) in [5.41, 5.74) is 1.78. The Kier molecular flexibility index (Phi) is 7.02. The summed E-state index contributed by atoms with van der Waals surface area (Å²) in [6, 6.07) is 12.0. The molecule has 0 radical (unpaired) electrons. The predicted octanol–water partition coefficient (Wildman–Crippen LogP) is 4.08. The first kappa shape index (κ1) is 19.3. The first-order chi connectivity index (χ1) is 12.5. The van der Waals surface area contributed by atoms with E-state index < -0.39 is 0 Å². The van der Waals surface area contributed by atoms with Crippen LogP contribution in [0.3, 0.4) is 0 Å². The van der Waals surface area contributed by atoms with E-state index in [2.05, 4.69) is 10.6 Å². The summed E-state index contributed by atoms with van der Waals surface area (Å²) >= 11 is 0. The maximum atomic E-state index is 12.5. The highest BCUT2D eigenvalue weighted by Crippen LogP contribution is 2.29. The Morgan fingerprint density at radius 3 is 2.12 bits per heavy atom. The fourth-order valence-corrected chi connectivity index (χ4v) is 2.29. The number of carbonyl (C=O) groups excluding carboxylic acids is 2. The molecule has 0 heterocycles. The van der Waals surface area contributed by atoms with Crippen molar-refractivity contribution in [3.05, 3.63) is 48.0 Å². The van der Waals surface area contributed by atoms with E-state index in [4.69, 9.17) is 9.47 Å². The SMILES string of the molecule is CCCOc1ccc(C(=O)Nc2ccc(NC(C)=O)cc2)cc1OCC. The van der Waals surface area contributed by atoms with Gasteiger partial charge in [-0.1, -0.05) is 6.92 Å². The maximum Gasteiger partial charge on any atom is 0.255 e. The van der Waals surface area contributed by atoms with Gasteiger partial charge in [-0.15, -0.1) is 0 Å². The van der Waals surface area contributed by atoms with Gasteiger partial charge >= 0.3 is 0 Å². The van der Waals surface area contributed by atoms with Crippen LogP contribution in [0, 0.1) is 0 Å². The Balaban J connectivity index is 2.10. The van der Waals surface area contributed by atoms with Crippen LogP contribution in [-0.4, -0.2) is 25.0 Å². The number of benzene rings is 2. The fourth-order valence-electron chi connectivity index (χ4n) is 2.29. The van der Waals surface area contributed by atoms with Crippen LogP contribution < -0.4 is 20.1 Å². The van der Waals surface area contributed by atoms with Crippen LogP contribution >= 0.6 is 0 Å². The summed E-state index contributed by atoms with van der Waals surface area (Å²) < 4.78 is 11.2. The van der Waals surface area contributed by atoms with Crippen LogP contribution in [0.2, 0.25) is 0 Å². The first-order valence-electron chi connectivity index (χ1n) is 8.62. The summed E-state index contributed by atoms with van der Waals surface area (Å²) in [5.74, 6) is 0.787. The lowest BCUT2D eigenvalue weighted by molar-refractivity contribution is -0.114. The monoisotopic (exact) mass is 356 g/mol. The minimum atomic E-state index is -0.250. The molecule has 138 valence electrons. The highest BCUT2D eigenvalue weighted by molar-refractivity contribution is 6.04. The zero-order valence-corrected chi connectivity index (χ0v) is 15.3. The summed E-state index contributed by atoms with van der Waals surface area (Å²) in [7, 11) is 0. The third-order valence-electron chi connectivity index (χ3n) is 3.43. The van der Waals surface area contributed by atoms with Crippen molar-refractivity contribution in [2.45, 2.75) is 27.2 Å². The number of hydrogen-bond acceptors (Lipinski definition) is 4. The molecule has 0 saturated carbocycles. The third-order valence-corrected chi connectivity index (χ3v) is 3.43. The summed E-state index contributed by atoms with van der Waals surface area (Å²) in [5, 5.41) is 5.50. The number of carbonyl (C=O) groups is 2. The van der Waals surface area contributed by atoms with Gasteiger partial charge in [0.2, 0.25) is 5.91 Å². The van der Waals surface area contributed by atoms with Gasteiger partial charge in [-0.05, 0) is 55.8 Å². The Morgan fingerprint density at radius 1 is 0.885 bits per heavy atom. The predicted molar refractivity (Wildman–Crippen MR) is 102 cm³/mol. The number of anilines is 2. The van der Waals surface area contributed by atoms with Crippen molar-refractivity contribution >= 4 is 23.2 Å². The molecule has 0 unspecified atom stereocenters. The van der Waals surface area contributed by atoms with Crippen molar-refractivity contribution in [3.8, 4) is 11.5 Å². The van der Waals surface area contributed by atoms with E-state index in [1.807, 2.05) is 13.8 Å². The average Bonchev–Trinajstić information content (AvgIpc) is 2.62. The van der Waals surface area contributed by atoms with Gasteiger partial charge in [-0.2, -0.15) is 0 Å². The molecule has 0 aliphatic carbocycles. The maximum absolute atomic E-state index is 12.5. The molecule has 2 rings (SSSR count). The molecule has 2 amide bonds. The van der Waals surface area contributed by atoms with Crippen molar-refractivity contribution in [2.24, 2.45) is 0 Å². The van der Waals surface area contributed by atoms with Gasteiger partial charge in [0.25, 0.3) is 5.91 Å². The number of nitrogens with one attached hydrogen (secondary N) is 2. The number of rotatable bonds is 8. The molecule has 0 aliphatic heterocycles. The van der Waals surface area contributed by atoms with Crippen LogP contribution in [0.4, 0.5) is 11.4 Å². The second-order valence-electron chi connectivity index (χ2n) is 5.66. The molecule has 0 aliphatic rings. The molecule has 2 aromatic rings. The minimum absolute atomic E-state index is 0.143. The van der Waals surface area contributed by atoms with Gasteiger partial charge in [0, 0.05) is 23.9 Å². The molecule has 2 aromatic carbocycles. The van der Waals surface area contributed by atoms with E-state index >= 15 is 0 Å². The molecular weight excluding hydrogens is 332 g/mol. The Hall–Kier alpha value is -3.02. The zero-order chi connectivity index (χ0) is 18.9. The van der Waals surface area contributed by atoms with Crippen molar-refractivity contribution in [1.29, 1.82) is 0 Å². The first-order valence-corrected chi connectivity index (χ1v) is 8.62. The van der Waals surface area contributed by atoms with Crippen LogP contribution in [0.1, 0.15) is 37.6 Å². The smallest absolute Gasteiger partial charge is 0.255 e. The molecule has 0 spiro atoms. The van der Waals surface area contributed by atoms with Crippen LogP contribution in [0.15, 0.2) is 42.5 Å². The highest BCUT2D eigenvalue weighted by Gasteiger charge is 2.12. The van der Waals surface area contributed by atoms with E-state index in [1.165, 1.54) is 6.92 Å². The van der Waals surface area contributed by atoms with E-state index in [0.717, 1.165) is 6.42 Å². The second-order valence-corrected chi connectivity index (χ2v) is 5.66. The number of amides is 2. The summed E-state index contributed by atoms with van der Waals surface area (Å²) in [6.45, 7) is 6.43. The Bertz CT molecular complexity index is 757. The standard InChI is InChI=1S/C20H24N2O4/c1-4-12-26-18-11-6-15(13-19(18)25-5-2)20(24)22-17-9-7-16(8-10-17)21-14(3)23/h6-11,13H,4-5,12H2,1-3H3,(H,21,23)(H,22,24). The van der Waals surface area contributed by atoms with Crippen molar-refractivity contribution in [2.75, 3.05) is 23.8 Å². The van der Waals surface area contributed by atoms with Gasteiger partial charge in [0.15, 0.2) is 11.5 Å². The molecule has 2 N–H and O–H groups in total. The molecule has 26 heavy (non-hydrogen) atoms. The Labute approximate surface area is 153 Å². The topological polar surface area (TPSA) is 76.7 Å². The molecule has 0 bridgehead atoms. The number of ether oxygens (including phenoxy) is 2. The van der Waals surface area contributed by atoms with Gasteiger partial charge in [0.1, 0.15) is 0 Å². The normalized spacial score (nSPS) is 10.1. The largest absolute Gasteiger partial charge is 0.490 e. The van der Waals surface area contributed by atoms with Crippen LogP contribution in [0.25, 0.3) is 0 Å². The molecule has 0 saturated heterocycles. The lowest BCUT2D eigenvalue weighted by atomic mass is 10.1. The van der Waals surface area contributed by atoms with Gasteiger partial charge < -0.3 is 20.1 Å². The van der Waals surface area contributed by atoms with Gasteiger partial charge in [-0.25, -0.2) is 0 Å². The lowest BCUT2D eigenvalue weighted by Gasteiger charge is -2.13. The summed E-state index contributed by atoms with van der Waals surface area (Å²) in [6.07, 6.45) is 0.891. The molecule has 0 aromatic heterocycles. The minimum Gasteiger partial charge on any atom is -0.490 e. The average molecular weight is 356 g/mol. The van der Waals surface area contributed by atoms with E-state index in [1.54, 1.807) is 42.5 Å². The van der Waals surface area contributed by atoms with Crippen molar-refractivity contribution in [1.82, 2.24) is 0 Å². The van der Waals surface area contributed by atoms with Crippen molar-refractivity contribution < 1.29 is 19.1 Å². The van der Waals surface area contributed by atoms with E-state index in [9.17, 15) is 9.59 Å². The van der Waals surface area contributed by atoms with Crippen molar-refractivity contribution in [3.63, 3.8) is 0 Å². The summed E-state index contributed by atoms with van der Waals surface area (Å²) in [4.78, 5) is 23.5. The second kappa shape index (κ2) is 9.46. The van der Waals surface area contributed by atoms with E-state index in [0.29, 0.717) is 41.7 Å². The molecule has 0 atom stereocenters. The fraction of sp³-hybridized carbons (Fsp3) is 0.300. The quantitative estimate of drug-likeness (QED) is 0.747. The van der Waals surface area contributed by atoms with Crippen LogP contribution in [0.5, 0.6) is 11.5 Å². The Morgan fingerprint density at radius 2 is 1.54 bits per heavy atom. The zero-order valence-electron chi connectivity index (χ0n) is 15.3. The van der Waals surface area contributed by atoms with Gasteiger partial charge in [-0.3, -0.25) is 9.59 Å². The molecular formula is C20H24N2O4. The third kappa shape index (κ3) is 5.51. The highest BCUT2D eigenvalue weighted by atomic mass is 16.5.